The van der Waals surface area contributed by atoms with Crippen molar-refractivity contribution in [1.29, 1.82) is 0 Å². The van der Waals surface area contributed by atoms with Gasteiger partial charge in [-0.1, -0.05) is 0 Å². The minimum absolute atomic E-state index is 0.00729. The van der Waals surface area contributed by atoms with E-state index in [0.717, 1.165) is 11.8 Å². The Bertz CT molecular complexity index is 518. The highest BCUT2D eigenvalue weighted by Crippen LogP contribution is 2.11. The minimum Gasteiger partial charge on any atom is -0.480 e. The van der Waals surface area contributed by atoms with E-state index in [1.807, 2.05) is 0 Å². The van der Waals surface area contributed by atoms with Crippen molar-refractivity contribution in [3.05, 3.63) is 0 Å². The summed E-state index contributed by atoms with van der Waals surface area (Å²) in [7, 11) is 0. The molecule has 0 aromatic carbocycles. The first-order valence-corrected chi connectivity index (χ1v) is 9.78. The molecule has 0 aliphatic carbocycles. The molecule has 0 rings (SSSR count). The lowest BCUT2D eigenvalue weighted by molar-refractivity contribution is -0.140. The van der Waals surface area contributed by atoms with Crippen molar-refractivity contribution in [1.82, 2.24) is 10.6 Å². The van der Waals surface area contributed by atoms with Crippen LogP contribution in [0.15, 0.2) is 0 Å². The van der Waals surface area contributed by atoms with Crippen molar-refractivity contribution in [2.45, 2.75) is 71.2 Å². The van der Waals surface area contributed by atoms with Crippen LogP contribution in [0.1, 0.15) is 48.0 Å². The molecular weight excluding hydrogens is 392 g/mol. The molecule has 0 heterocycles. The number of amides is 2. The fraction of sp³-hybridized carbons (Fsp3) is 0.765. The Kier molecular flexibility index (Phi) is 10.1. The number of nitrogens with one attached hydrogen (secondary N) is 2. The highest BCUT2D eigenvalue weighted by molar-refractivity contribution is 7.99. The standard InChI is InChI=1S/C17H30N2O8S/c1-16(2,3)26-14(24)18-10(12(20)21)7-8-28-9-11(13(22)23)19-15(25)27-17(4,5)6/h10-11H,7-9H2,1-6H3,(H,18,24)(H,19,25)(H,20,21)(H,22,23)/t10-,11-/m0/s1. The van der Waals surface area contributed by atoms with Gasteiger partial charge in [0.2, 0.25) is 0 Å². The number of rotatable bonds is 9. The first-order valence-electron chi connectivity index (χ1n) is 8.63. The van der Waals surface area contributed by atoms with Gasteiger partial charge in [-0.05, 0) is 53.7 Å². The van der Waals surface area contributed by atoms with Gasteiger partial charge in [-0.3, -0.25) is 0 Å². The monoisotopic (exact) mass is 422 g/mol. The van der Waals surface area contributed by atoms with Crippen LogP contribution in [-0.4, -0.2) is 69.1 Å². The number of aliphatic carboxylic acids is 2. The van der Waals surface area contributed by atoms with Gasteiger partial charge in [-0.25, -0.2) is 19.2 Å². The number of carbonyl (C=O) groups is 4. The van der Waals surface area contributed by atoms with Crippen LogP contribution < -0.4 is 10.6 Å². The van der Waals surface area contributed by atoms with Gasteiger partial charge in [0.25, 0.3) is 0 Å². The molecule has 0 saturated carbocycles. The maximum absolute atomic E-state index is 11.7. The largest absolute Gasteiger partial charge is 0.480 e. The van der Waals surface area contributed by atoms with Crippen LogP contribution in [0.5, 0.6) is 0 Å². The molecule has 0 spiro atoms. The number of carbonyl (C=O) groups excluding carboxylic acids is 2. The predicted octanol–water partition coefficient (Wildman–Crippen LogP) is 2.07. The molecule has 0 radical (unpaired) electrons. The second-order valence-electron chi connectivity index (χ2n) is 7.94. The summed E-state index contributed by atoms with van der Waals surface area (Å²) in [5.41, 5.74) is -1.52. The zero-order chi connectivity index (χ0) is 22.1. The summed E-state index contributed by atoms with van der Waals surface area (Å²) < 4.78 is 10.0. The maximum Gasteiger partial charge on any atom is 0.408 e. The lowest BCUT2D eigenvalue weighted by Crippen LogP contribution is -2.45. The van der Waals surface area contributed by atoms with E-state index in [1.54, 1.807) is 41.5 Å². The number of thioether (sulfide) groups is 1. The second-order valence-corrected chi connectivity index (χ2v) is 9.09. The fourth-order valence-electron chi connectivity index (χ4n) is 1.73. The molecule has 0 bridgehead atoms. The molecule has 4 N–H and O–H groups in total. The molecule has 2 amide bonds. The average molecular weight is 423 g/mol. The van der Waals surface area contributed by atoms with Crippen molar-refractivity contribution in [2.24, 2.45) is 0 Å². The Morgan fingerprint density at radius 3 is 1.57 bits per heavy atom. The molecule has 0 unspecified atom stereocenters. The summed E-state index contributed by atoms with van der Waals surface area (Å²) >= 11 is 1.13. The van der Waals surface area contributed by atoms with Crippen molar-refractivity contribution >= 4 is 35.9 Å². The van der Waals surface area contributed by atoms with E-state index in [0.29, 0.717) is 0 Å². The molecule has 0 saturated heterocycles. The van der Waals surface area contributed by atoms with Crippen molar-refractivity contribution in [3.8, 4) is 0 Å². The van der Waals surface area contributed by atoms with Crippen molar-refractivity contribution in [3.63, 3.8) is 0 Å². The van der Waals surface area contributed by atoms with Crippen LogP contribution in [0.2, 0.25) is 0 Å². The third-order valence-corrected chi connectivity index (χ3v) is 3.91. The Morgan fingerprint density at radius 1 is 0.821 bits per heavy atom. The van der Waals surface area contributed by atoms with Crippen LogP contribution >= 0.6 is 11.8 Å². The van der Waals surface area contributed by atoms with Crippen LogP contribution in [0.25, 0.3) is 0 Å². The highest BCUT2D eigenvalue weighted by Gasteiger charge is 2.26. The van der Waals surface area contributed by atoms with E-state index in [2.05, 4.69) is 10.6 Å². The maximum atomic E-state index is 11.7. The third kappa shape index (κ3) is 13.1. The first kappa shape index (κ1) is 25.8. The van der Waals surface area contributed by atoms with Crippen LogP contribution in [0.4, 0.5) is 9.59 Å². The summed E-state index contributed by atoms with van der Waals surface area (Å²) in [6, 6.07) is -2.37. The molecule has 11 heteroatoms. The summed E-state index contributed by atoms with van der Waals surface area (Å²) in [6.07, 6.45) is -1.65. The van der Waals surface area contributed by atoms with Gasteiger partial charge in [-0.2, -0.15) is 11.8 Å². The van der Waals surface area contributed by atoms with Gasteiger partial charge in [0, 0.05) is 5.75 Å². The van der Waals surface area contributed by atoms with Crippen LogP contribution in [0.3, 0.4) is 0 Å². The Hall–Kier alpha value is -2.17. The molecule has 28 heavy (non-hydrogen) atoms. The van der Waals surface area contributed by atoms with Gasteiger partial charge >= 0.3 is 24.1 Å². The van der Waals surface area contributed by atoms with Crippen LogP contribution in [0, 0.1) is 0 Å². The Balaban J connectivity index is 4.51. The Morgan fingerprint density at radius 2 is 1.21 bits per heavy atom. The zero-order valence-electron chi connectivity index (χ0n) is 17.0. The lowest BCUT2D eigenvalue weighted by atomic mass is 10.2. The number of carboxylic acid groups (broad SMARTS) is 2. The Labute approximate surface area is 168 Å². The van der Waals surface area contributed by atoms with E-state index in [4.69, 9.17) is 9.47 Å². The summed E-state index contributed by atoms with van der Waals surface area (Å²) in [4.78, 5) is 45.9. The summed E-state index contributed by atoms with van der Waals surface area (Å²) in [5, 5.41) is 22.9. The van der Waals surface area contributed by atoms with E-state index in [-0.39, 0.29) is 17.9 Å². The molecular formula is C17H30N2O8S. The third-order valence-electron chi connectivity index (χ3n) is 2.81. The molecule has 0 aliphatic heterocycles. The number of alkyl carbamates (subject to hydrolysis) is 2. The van der Waals surface area contributed by atoms with Crippen molar-refractivity contribution in [2.75, 3.05) is 11.5 Å². The number of hydrogen-bond acceptors (Lipinski definition) is 7. The molecule has 0 aliphatic rings. The number of carboxylic acids is 2. The number of ether oxygens (including phenoxy) is 2. The average Bonchev–Trinajstić information content (AvgIpc) is 2.44. The quantitative estimate of drug-likeness (QED) is 0.409. The van der Waals surface area contributed by atoms with Gasteiger partial charge in [0.05, 0.1) is 0 Å². The van der Waals surface area contributed by atoms with E-state index >= 15 is 0 Å². The number of hydrogen-bond donors (Lipinski definition) is 4. The summed E-state index contributed by atoms with van der Waals surface area (Å²) in [6.45, 7) is 9.92. The first-order chi connectivity index (χ1) is 12.6. The van der Waals surface area contributed by atoms with E-state index < -0.39 is 47.4 Å². The van der Waals surface area contributed by atoms with Crippen molar-refractivity contribution < 1.29 is 38.9 Å². The SMILES string of the molecule is CC(C)(C)OC(=O)N[C@@H](CCSC[C@H](NC(=O)OC(C)(C)C)C(=O)O)C(=O)O. The molecule has 2 atom stereocenters. The minimum atomic E-state index is -1.24. The van der Waals surface area contributed by atoms with Crippen LogP contribution in [-0.2, 0) is 19.1 Å². The topological polar surface area (TPSA) is 151 Å². The van der Waals surface area contributed by atoms with Gasteiger partial charge < -0.3 is 30.3 Å². The molecule has 0 fully saturated rings. The summed E-state index contributed by atoms with van der Waals surface area (Å²) in [5.74, 6) is -2.21. The van der Waals surface area contributed by atoms with E-state index in [1.165, 1.54) is 0 Å². The van der Waals surface area contributed by atoms with E-state index in [9.17, 15) is 29.4 Å². The smallest absolute Gasteiger partial charge is 0.408 e. The molecule has 0 aromatic heterocycles. The highest BCUT2D eigenvalue weighted by atomic mass is 32.2. The lowest BCUT2D eigenvalue weighted by Gasteiger charge is -2.22. The zero-order valence-corrected chi connectivity index (χ0v) is 17.8. The fourth-order valence-corrected chi connectivity index (χ4v) is 2.76. The van der Waals surface area contributed by atoms with Gasteiger partial charge in [0.15, 0.2) is 0 Å². The molecule has 162 valence electrons. The van der Waals surface area contributed by atoms with Gasteiger partial charge in [0.1, 0.15) is 23.3 Å². The predicted molar refractivity (Wildman–Crippen MR) is 104 cm³/mol. The molecule has 10 nitrogen and oxygen atoms in total. The molecule has 0 aromatic rings. The normalized spacial score (nSPS) is 13.8. The second kappa shape index (κ2) is 11.0. The van der Waals surface area contributed by atoms with Gasteiger partial charge in [-0.15, -0.1) is 0 Å².